The summed E-state index contributed by atoms with van der Waals surface area (Å²) in [5.41, 5.74) is 0.973. The maximum Gasteiger partial charge on any atom is 0.261 e. The van der Waals surface area contributed by atoms with E-state index in [2.05, 4.69) is 5.32 Å². The van der Waals surface area contributed by atoms with Crippen LogP contribution in [0.5, 0.6) is 5.75 Å². The fourth-order valence-electron chi connectivity index (χ4n) is 3.85. The predicted molar refractivity (Wildman–Crippen MR) is 118 cm³/mol. The van der Waals surface area contributed by atoms with E-state index in [0.717, 1.165) is 31.2 Å². The molecule has 0 bridgehead atoms. The van der Waals surface area contributed by atoms with Crippen LogP contribution in [-0.4, -0.2) is 35.4 Å². The molecule has 1 atom stereocenters. The number of hydrogen-bond acceptors (Lipinski definition) is 3. The molecule has 0 spiro atoms. The molecular weight excluding hydrogens is 400 g/mol. The SMILES string of the molecule is CC[C@@H](C(=O)NC1CCCC1)N(Cc1ccccc1)C(=O)COc1cccc(Cl)c1. The van der Waals surface area contributed by atoms with Crippen molar-refractivity contribution in [2.75, 3.05) is 6.61 Å². The molecule has 30 heavy (non-hydrogen) atoms. The summed E-state index contributed by atoms with van der Waals surface area (Å²) in [6, 6.07) is 16.3. The van der Waals surface area contributed by atoms with Gasteiger partial charge in [-0.2, -0.15) is 0 Å². The molecular formula is C24H29ClN2O3. The molecule has 5 nitrogen and oxygen atoms in total. The van der Waals surface area contributed by atoms with Crippen LogP contribution >= 0.6 is 11.6 Å². The first-order valence-electron chi connectivity index (χ1n) is 10.6. The number of benzene rings is 2. The second-order valence-electron chi connectivity index (χ2n) is 7.67. The Morgan fingerprint density at radius 1 is 1.13 bits per heavy atom. The maximum atomic E-state index is 13.1. The minimum atomic E-state index is -0.540. The fourth-order valence-corrected chi connectivity index (χ4v) is 4.03. The van der Waals surface area contributed by atoms with Crippen molar-refractivity contribution in [1.29, 1.82) is 0 Å². The van der Waals surface area contributed by atoms with E-state index in [1.165, 1.54) is 0 Å². The van der Waals surface area contributed by atoms with E-state index in [1.807, 2.05) is 37.3 Å². The number of amides is 2. The summed E-state index contributed by atoms with van der Waals surface area (Å²) in [5.74, 6) is 0.211. The molecule has 160 valence electrons. The molecule has 0 radical (unpaired) electrons. The first-order chi connectivity index (χ1) is 14.6. The van der Waals surface area contributed by atoms with Gasteiger partial charge in [0.25, 0.3) is 5.91 Å². The molecule has 0 unspecified atom stereocenters. The molecule has 0 aromatic heterocycles. The van der Waals surface area contributed by atoms with Crippen molar-refractivity contribution in [1.82, 2.24) is 10.2 Å². The molecule has 0 heterocycles. The van der Waals surface area contributed by atoms with E-state index >= 15 is 0 Å². The number of rotatable bonds is 9. The first-order valence-corrected chi connectivity index (χ1v) is 11.0. The Bertz CT molecular complexity index is 837. The van der Waals surface area contributed by atoms with Crippen LogP contribution in [0.3, 0.4) is 0 Å². The molecule has 1 saturated carbocycles. The Hall–Kier alpha value is -2.53. The number of hydrogen-bond donors (Lipinski definition) is 1. The lowest BCUT2D eigenvalue weighted by atomic mass is 10.1. The summed E-state index contributed by atoms with van der Waals surface area (Å²) in [7, 11) is 0. The summed E-state index contributed by atoms with van der Waals surface area (Å²) in [6.45, 7) is 2.14. The van der Waals surface area contributed by atoms with Crippen molar-refractivity contribution < 1.29 is 14.3 Å². The van der Waals surface area contributed by atoms with Gasteiger partial charge in [-0.05, 0) is 43.0 Å². The van der Waals surface area contributed by atoms with Crippen LogP contribution in [0.25, 0.3) is 0 Å². The maximum absolute atomic E-state index is 13.1. The summed E-state index contributed by atoms with van der Waals surface area (Å²) in [4.78, 5) is 27.8. The minimum Gasteiger partial charge on any atom is -0.484 e. The molecule has 2 aromatic carbocycles. The molecule has 0 saturated heterocycles. The van der Waals surface area contributed by atoms with E-state index in [9.17, 15) is 9.59 Å². The van der Waals surface area contributed by atoms with Crippen molar-refractivity contribution in [2.45, 2.75) is 57.7 Å². The molecule has 0 aliphatic heterocycles. The highest BCUT2D eigenvalue weighted by molar-refractivity contribution is 6.30. The van der Waals surface area contributed by atoms with Gasteiger partial charge in [-0.25, -0.2) is 0 Å². The lowest BCUT2D eigenvalue weighted by Crippen LogP contribution is -2.52. The van der Waals surface area contributed by atoms with Gasteiger partial charge >= 0.3 is 0 Å². The largest absolute Gasteiger partial charge is 0.484 e. The van der Waals surface area contributed by atoms with E-state index in [4.69, 9.17) is 16.3 Å². The van der Waals surface area contributed by atoms with Crippen molar-refractivity contribution in [3.63, 3.8) is 0 Å². The monoisotopic (exact) mass is 428 g/mol. The van der Waals surface area contributed by atoms with Crippen LogP contribution in [0.15, 0.2) is 54.6 Å². The van der Waals surface area contributed by atoms with Gasteiger partial charge < -0.3 is 15.0 Å². The Kier molecular flexibility index (Phi) is 8.14. The molecule has 3 rings (SSSR count). The van der Waals surface area contributed by atoms with Gasteiger partial charge in [-0.15, -0.1) is 0 Å². The summed E-state index contributed by atoms with van der Waals surface area (Å²) in [6.07, 6.45) is 4.83. The van der Waals surface area contributed by atoms with E-state index in [0.29, 0.717) is 23.7 Å². The summed E-state index contributed by atoms with van der Waals surface area (Å²) < 4.78 is 5.67. The molecule has 1 fully saturated rings. The number of halogens is 1. The molecule has 2 aromatic rings. The standard InChI is InChI=1S/C24H29ClN2O3/c1-2-22(24(29)26-20-12-6-7-13-20)27(16-18-9-4-3-5-10-18)23(28)17-30-21-14-8-11-19(25)15-21/h3-5,8-11,14-15,20,22H,2,6-7,12-13,16-17H2,1H3,(H,26,29)/t22-/m0/s1. The number of ether oxygens (including phenoxy) is 1. The minimum absolute atomic E-state index is 0.0866. The van der Waals surface area contributed by atoms with Crippen LogP contribution in [0.4, 0.5) is 0 Å². The zero-order chi connectivity index (χ0) is 21.3. The fraction of sp³-hybridized carbons (Fsp3) is 0.417. The van der Waals surface area contributed by atoms with Crippen molar-refractivity contribution in [2.24, 2.45) is 0 Å². The Morgan fingerprint density at radius 2 is 1.87 bits per heavy atom. The van der Waals surface area contributed by atoms with Gasteiger partial charge in [0.15, 0.2) is 6.61 Å². The second-order valence-corrected chi connectivity index (χ2v) is 8.10. The van der Waals surface area contributed by atoms with Crippen molar-refractivity contribution in [3.8, 4) is 5.75 Å². The lowest BCUT2D eigenvalue weighted by molar-refractivity contribution is -0.143. The Balaban J connectivity index is 1.73. The van der Waals surface area contributed by atoms with Crippen LogP contribution in [0, 0.1) is 0 Å². The van der Waals surface area contributed by atoms with Crippen LogP contribution in [0.2, 0.25) is 5.02 Å². The third-order valence-corrected chi connectivity index (χ3v) is 5.68. The molecule has 1 aliphatic carbocycles. The highest BCUT2D eigenvalue weighted by Gasteiger charge is 2.30. The highest BCUT2D eigenvalue weighted by atomic mass is 35.5. The predicted octanol–water partition coefficient (Wildman–Crippen LogP) is 4.59. The van der Waals surface area contributed by atoms with Gasteiger partial charge in [0, 0.05) is 17.6 Å². The second kappa shape index (κ2) is 11.0. The van der Waals surface area contributed by atoms with Gasteiger partial charge in [0.1, 0.15) is 11.8 Å². The van der Waals surface area contributed by atoms with Gasteiger partial charge in [0.2, 0.25) is 5.91 Å². The zero-order valence-electron chi connectivity index (χ0n) is 17.4. The van der Waals surface area contributed by atoms with Crippen LogP contribution in [-0.2, 0) is 16.1 Å². The third kappa shape index (κ3) is 6.23. The summed E-state index contributed by atoms with van der Waals surface area (Å²) in [5, 5.41) is 3.69. The molecule has 2 amide bonds. The number of carbonyl (C=O) groups excluding carboxylic acids is 2. The zero-order valence-corrected chi connectivity index (χ0v) is 18.1. The molecule has 1 N–H and O–H groups in total. The van der Waals surface area contributed by atoms with Gasteiger partial charge in [-0.3, -0.25) is 9.59 Å². The van der Waals surface area contributed by atoms with Crippen molar-refractivity contribution >= 4 is 23.4 Å². The van der Waals surface area contributed by atoms with Crippen LogP contribution < -0.4 is 10.1 Å². The number of nitrogens with zero attached hydrogens (tertiary/aromatic N) is 1. The third-order valence-electron chi connectivity index (χ3n) is 5.44. The lowest BCUT2D eigenvalue weighted by Gasteiger charge is -2.31. The van der Waals surface area contributed by atoms with E-state index in [-0.39, 0.29) is 24.5 Å². The summed E-state index contributed by atoms with van der Waals surface area (Å²) >= 11 is 6.00. The number of carbonyl (C=O) groups is 2. The molecule has 6 heteroatoms. The number of nitrogens with one attached hydrogen (secondary N) is 1. The Labute approximate surface area is 183 Å². The van der Waals surface area contributed by atoms with Crippen LogP contribution in [0.1, 0.15) is 44.6 Å². The Morgan fingerprint density at radius 3 is 2.53 bits per heavy atom. The molecule has 1 aliphatic rings. The van der Waals surface area contributed by atoms with E-state index in [1.54, 1.807) is 29.2 Å². The van der Waals surface area contributed by atoms with Gasteiger partial charge in [0.05, 0.1) is 0 Å². The highest BCUT2D eigenvalue weighted by Crippen LogP contribution is 2.20. The topological polar surface area (TPSA) is 58.6 Å². The average Bonchev–Trinajstić information content (AvgIpc) is 3.25. The smallest absolute Gasteiger partial charge is 0.261 e. The average molecular weight is 429 g/mol. The quantitative estimate of drug-likeness (QED) is 0.635. The van der Waals surface area contributed by atoms with E-state index < -0.39 is 6.04 Å². The normalized spacial score (nSPS) is 14.9. The van der Waals surface area contributed by atoms with Gasteiger partial charge in [-0.1, -0.05) is 67.8 Å². The first kappa shape index (κ1) is 22.2. The van der Waals surface area contributed by atoms with Crippen molar-refractivity contribution in [3.05, 3.63) is 65.2 Å².